The summed E-state index contributed by atoms with van der Waals surface area (Å²) in [7, 11) is 0. The standard InChI is InChI=1S/C11H16O3.Na/c1-2-3-4-8-5-10(12)6-9(8)7-11(13)14;/h2-3,8-9H,4-7H2,1H3,(H,13,14);/q;+1/p-1/b3-2-;. The molecule has 0 saturated heterocycles. The van der Waals surface area contributed by atoms with Gasteiger partial charge in [0.25, 0.3) is 0 Å². The molecule has 1 saturated carbocycles. The summed E-state index contributed by atoms with van der Waals surface area (Å²) in [5.41, 5.74) is 0. The molecule has 3 nitrogen and oxygen atoms in total. The fraction of sp³-hybridized carbons (Fsp3) is 0.636. The van der Waals surface area contributed by atoms with Crippen LogP contribution in [0.2, 0.25) is 0 Å². The molecule has 1 aliphatic carbocycles. The Morgan fingerprint density at radius 1 is 1.47 bits per heavy atom. The van der Waals surface area contributed by atoms with E-state index in [0.717, 1.165) is 6.42 Å². The molecule has 0 heterocycles. The summed E-state index contributed by atoms with van der Waals surface area (Å²) < 4.78 is 0. The minimum atomic E-state index is -1.05. The summed E-state index contributed by atoms with van der Waals surface area (Å²) in [6, 6.07) is 0. The molecule has 0 aromatic rings. The van der Waals surface area contributed by atoms with Gasteiger partial charge in [0.05, 0.1) is 0 Å². The second-order valence-electron chi connectivity index (χ2n) is 3.85. The van der Waals surface area contributed by atoms with Gasteiger partial charge in [-0.2, -0.15) is 0 Å². The van der Waals surface area contributed by atoms with Crippen LogP contribution in [0.25, 0.3) is 0 Å². The second-order valence-corrected chi connectivity index (χ2v) is 3.85. The summed E-state index contributed by atoms with van der Waals surface area (Å²) >= 11 is 0. The largest absolute Gasteiger partial charge is 1.00 e. The van der Waals surface area contributed by atoms with Gasteiger partial charge in [-0.05, 0) is 31.6 Å². The number of rotatable bonds is 4. The number of carbonyl (C=O) groups excluding carboxylic acids is 2. The molecule has 0 bridgehead atoms. The molecule has 1 rings (SSSR count). The van der Waals surface area contributed by atoms with Gasteiger partial charge >= 0.3 is 29.6 Å². The van der Waals surface area contributed by atoms with Crippen molar-refractivity contribution in [1.82, 2.24) is 0 Å². The first-order valence-electron chi connectivity index (χ1n) is 4.96. The van der Waals surface area contributed by atoms with Crippen LogP contribution in [0.5, 0.6) is 0 Å². The van der Waals surface area contributed by atoms with Crippen molar-refractivity contribution in [1.29, 1.82) is 0 Å². The number of hydrogen-bond acceptors (Lipinski definition) is 3. The summed E-state index contributed by atoms with van der Waals surface area (Å²) in [6.45, 7) is 1.92. The van der Waals surface area contributed by atoms with Crippen LogP contribution in [0, 0.1) is 11.8 Å². The summed E-state index contributed by atoms with van der Waals surface area (Å²) in [5.74, 6) is -0.666. The van der Waals surface area contributed by atoms with E-state index in [4.69, 9.17) is 0 Å². The number of carboxylic acids is 1. The van der Waals surface area contributed by atoms with E-state index in [0.29, 0.717) is 12.8 Å². The molecular formula is C11H15NaO3. The van der Waals surface area contributed by atoms with Crippen molar-refractivity contribution in [3.63, 3.8) is 0 Å². The predicted octanol–water partition coefficient (Wildman–Crippen LogP) is -2.31. The van der Waals surface area contributed by atoms with Crippen LogP contribution in [-0.4, -0.2) is 11.8 Å². The maximum absolute atomic E-state index is 11.2. The average Bonchev–Trinajstić information content (AvgIpc) is 2.41. The Balaban J connectivity index is 0.00000196. The SMILES string of the molecule is C/C=C\CC1CC(=O)CC1CC(=O)[O-].[Na+]. The monoisotopic (exact) mass is 218 g/mol. The van der Waals surface area contributed by atoms with Crippen molar-refractivity contribution in [2.24, 2.45) is 11.8 Å². The summed E-state index contributed by atoms with van der Waals surface area (Å²) in [5, 5.41) is 10.4. The zero-order valence-electron chi connectivity index (χ0n) is 9.36. The van der Waals surface area contributed by atoms with Crippen molar-refractivity contribution in [3.8, 4) is 0 Å². The maximum atomic E-state index is 11.2. The number of ketones is 1. The van der Waals surface area contributed by atoms with E-state index < -0.39 is 5.97 Å². The minimum Gasteiger partial charge on any atom is -0.550 e. The maximum Gasteiger partial charge on any atom is 1.00 e. The van der Waals surface area contributed by atoms with E-state index in [-0.39, 0.29) is 53.6 Å². The van der Waals surface area contributed by atoms with Crippen LogP contribution >= 0.6 is 0 Å². The van der Waals surface area contributed by atoms with Gasteiger partial charge in [0, 0.05) is 18.8 Å². The third-order valence-corrected chi connectivity index (χ3v) is 2.75. The van der Waals surface area contributed by atoms with Crippen LogP contribution in [0.1, 0.15) is 32.6 Å². The van der Waals surface area contributed by atoms with Gasteiger partial charge < -0.3 is 9.90 Å². The van der Waals surface area contributed by atoms with E-state index in [2.05, 4.69) is 0 Å². The van der Waals surface area contributed by atoms with Gasteiger partial charge in [-0.3, -0.25) is 4.79 Å². The predicted molar refractivity (Wildman–Crippen MR) is 50.3 cm³/mol. The van der Waals surface area contributed by atoms with E-state index in [9.17, 15) is 14.7 Å². The molecule has 78 valence electrons. The van der Waals surface area contributed by atoms with Gasteiger partial charge in [0.2, 0.25) is 0 Å². The van der Waals surface area contributed by atoms with Gasteiger partial charge in [0.15, 0.2) is 0 Å². The zero-order valence-corrected chi connectivity index (χ0v) is 11.4. The van der Waals surface area contributed by atoms with Crippen molar-refractivity contribution in [2.75, 3.05) is 0 Å². The molecule has 15 heavy (non-hydrogen) atoms. The number of Topliss-reactive ketones (excluding diaryl/α,β-unsaturated/α-hetero) is 1. The fourth-order valence-electron chi connectivity index (χ4n) is 2.04. The molecule has 0 spiro atoms. The van der Waals surface area contributed by atoms with Crippen LogP contribution in [0.3, 0.4) is 0 Å². The van der Waals surface area contributed by atoms with E-state index in [1.807, 2.05) is 19.1 Å². The van der Waals surface area contributed by atoms with Crippen molar-refractivity contribution < 1.29 is 44.3 Å². The first-order chi connectivity index (χ1) is 6.63. The Labute approximate surface area is 112 Å². The number of carbonyl (C=O) groups is 2. The van der Waals surface area contributed by atoms with Gasteiger partial charge in [-0.1, -0.05) is 12.2 Å². The smallest absolute Gasteiger partial charge is 0.550 e. The second kappa shape index (κ2) is 7.20. The zero-order chi connectivity index (χ0) is 10.6. The molecular weight excluding hydrogens is 203 g/mol. The van der Waals surface area contributed by atoms with Crippen molar-refractivity contribution in [2.45, 2.75) is 32.6 Å². The molecule has 2 atom stereocenters. The Bertz CT molecular complexity index is 261. The molecule has 1 aliphatic rings. The van der Waals surface area contributed by atoms with Crippen LogP contribution in [0.15, 0.2) is 12.2 Å². The molecule has 4 heteroatoms. The fourth-order valence-corrected chi connectivity index (χ4v) is 2.04. The molecule has 0 aromatic heterocycles. The molecule has 1 fully saturated rings. The third-order valence-electron chi connectivity index (χ3n) is 2.75. The number of aliphatic carboxylic acids is 1. The Morgan fingerprint density at radius 2 is 2.07 bits per heavy atom. The molecule has 0 aliphatic heterocycles. The number of hydrogen-bond donors (Lipinski definition) is 0. The summed E-state index contributed by atoms with van der Waals surface area (Å²) in [4.78, 5) is 21.6. The van der Waals surface area contributed by atoms with Crippen LogP contribution in [-0.2, 0) is 9.59 Å². The molecule has 0 radical (unpaired) electrons. The molecule has 0 N–H and O–H groups in total. The Hall–Kier alpha value is -0.120. The normalized spacial score (nSPS) is 25.5. The van der Waals surface area contributed by atoms with Crippen molar-refractivity contribution in [3.05, 3.63) is 12.2 Å². The van der Waals surface area contributed by atoms with Gasteiger partial charge in [0.1, 0.15) is 5.78 Å². The van der Waals surface area contributed by atoms with Gasteiger partial charge in [-0.25, -0.2) is 0 Å². The van der Waals surface area contributed by atoms with Crippen LogP contribution < -0.4 is 34.7 Å². The molecule has 0 amide bonds. The number of allylic oxidation sites excluding steroid dienone is 2. The first-order valence-corrected chi connectivity index (χ1v) is 4.96. The van der Waals surface area contributed by atoms with E-state index >= 15 is 0 Å². The minimum absolute atomic E-state index is 0. The first kappa shape index (κ1) is 14.9. The van der Waals surface area contributed by atoms with Crippen LogP contribution in [0.4, 0.5) is 0 Å². The van der Waals surface area contributed by atoms with Crippen molar-refractivity contribution >= 4 is 11.8 Å². The Morgan fingerprint density at radius 3 is 2.60 bits per heavy atom. The quantitative estimate of drug-likeness (QED) is 0.393. The van der Waals surface area contributed by atoms with E-state index in [1.165, 1.54) is 0 Å². The molecule has 2 unspecified atom stereocenters. The summed E-state index contributed by atoms with van der Waals surface area (Å²) in [6.07, 6.45) is 5.69. The topological polar surface area (TPSA) is 57.2 Å². The van der Waals surface area contributed by atoms with E-state index in [1.54, 1.807) is 0 Å². The number of carboxylic acid groups (broad SMARTS) is 1. The molecule has 0 aromatic carbocycles. The Kier molecular flexibility index (Phi) is 7.14. The average molecular weight is 218 g/mol. The van der Waals surface area contributed by atoms with Gasteiger partial charge in [-0.15, -0.1) is 0 Å². The third kappa shape index (κ3) is 4.96.